The highest BCUT2D eigenvalue weighted by atomic mass is 32.2. The molecular formula is C12H22N4O2S. The van der Waals surface area contributed by atoms with Crippen molar-refractivity contribution in [2.45, 2.75) is 24.8 Å². The van der Waals surface area contributed by atoms with E-state index in [0.717, 1.165) is 0 Å². The van der Waals surface area contributed by atoms with E-state index >= 15 is 0 Å². The van der Waals surface area contributed by atoms with E-state index in [-0.39, 0.29) is 22.7 Å². The summed E-state index contributed by atoms with van der Waals surface area (Å²) in [5.74, 6) is 0.382. The fourth-order valence-electron chi connectivity index (χ4n) is 1.64. The van der Waals surface area contributed by atoms with Gasteiger partial charge < -0.3 is 10.6 Å². The Morgan fingerprint density at radius 3 is 2.53 bits per heavy atom. The van der Waals surface area contributed by atoms with E-state index in [9.17, 15) is 8.42 Å². The quantitative estimate of drug-likeness (QED) is 0.796. The molecule has 0 aliphatic heterocycles. The summed E-state index contributed by atoms with van der Waals surface area (Å²) < 4.78 is 27.3. The van der Waals surface area contributed by atoms with Crippen molar-refractivity contribution in [3.63, 3.8) is 0 Å². The average Bonchev–Trinajstić information content (AvgIpc) is 2.27. The molecule has 0 aliphatic carbocycles. The van der Waals surface area contributed by atoms with Crippen molar-refractivity contribution in [1.82, 2.24) is 14.6 Å². The van der Waals surface area contributed by atoms with Crippen LogP contribution in [0.25, 0.3) is 0 Å². The van der Waals surface area contributed by atoms with Crippen LogP contribution in [0, 0.1) is 5.92 Å². The molecule has 1 unspecified atom stereocenters. The molecule has 0 fully saturated rings. The second-order valence-corrected chi connectivity index (χ2v) is 6.86. The van der Waals surface area contributed by atoms with Gasteiger partial charge in [0.2, 0.25) is 10.0 Å². The maximum atomic E-state index is 12.3. The number of nitrogens with zero attached hydrogens (tertiary/aromatic N) is 2. The van der Waals surface area contributed by atoms with Crippen LogP contribution in [0.5, 0.6) is 0 Å². The molecule has 108 valence electrons. The summed E-state index contributed by atoms with van der Waals surface area (Å²) in [4.78, 5) is 5.89. The van der Waals surface area contributed by atoms with Crippen LogP contribution in [0.15, 0.2) is 23.2 Å². The van der Waals surface area contributed by atoms with E-state index in [1.54, 1.807) is 0 Å². The van der Waals surface area contributed by atoms with Crippen molar-refractivity contribution in [2.24, 2.45) is 5.92 Å². The van der Waals surface area contributed by atoms with Gasteiger partial charge in [0, 0.05) is 24.8 Å². The topological polar surface area (TPSA) is 88.3 Å². The predicted molar refractivity (Wildman–Crippen MR) is 76.2 cm³/mol. The van der Waals surface area contributed by atoms with Crippen LogP contribution in [0.4, 0.5) is 5.82 Å². The van der Waals surface area contributed by atoms with Gasteiger partial charge in [-0.05, 0) is 26.1 Å². The summed E-state index contributed by atoms with van der Waals surface area (Å²) in [6, 6.07) is 2.63. The van der Waals surface area contributed by atoms with Gasteiger partial charge in [-0.3, -0.25) is 0 Å². The number of nitrogens with two attached hydrogens (primary N) is 1. The van der Waals surface area contributed by atoms with Crippen LogP contribution in [0.2, 0.25) is 0 Å². The third-order valence-corrected chi connectivity index (χ3v) is 4.22. The van der Waals surface area contributed by atoms with E-state index in [1.165, 1.54) is 18.3 Å². The Morgan fingerprint density at radius 2 is 2.05 bits per heavy atom. The van der Waals surface area contributed by atoms with E-state index < -0.39 is 10.0 Å². The van der Waals surface area contributed by atoms with Crippen molar-refractivity contribution in [2.75, 3.05) is 26.4 Å². The van der Waals surface area contributed by atoms with Crippen molar-refractivity contribution in [3.05, 3.63) is 18.3 Å². The fraction of sp³-hybridized carbons (Fsp3) is 0.583. The molecule has 1 heterocycles. The lowest BCUT2D eigenvalue weighted by Gasteiger charge is -2.25. The molecule has 0 amide bonds. The number of pyridine rings is 1. The molecule has 0 radical (unpaired) electrons. The fourth-order valence-corrected chi connectivity index (χ4v) is 3.04. The van der Waals surface area contributed by atoms with Gasteiger partial charge >= 0.3 is 0 Å². The second-order valence-electron chi connectivity index (χ2n) is 5.15. The Morgan fingerprint density at radius 1 is 1.42 bits per heavy atom. The predicted octanol–water partition coefficient (Wildman–Crippen LogP) is 0.528. The number of aromatic nitrogens is 1. The zero-order valence-corrected chi connectivity index (χ0v) is 12.6. The number of anilines is 1. The van der Waals surface area contributed by atoms with Crippen LogP contribution < -0.4 is 10.5 Å². The third kappa shape index (κ3) is 4.77. The number of rotatable bonds is 6. The molecule has 0 bridgehead atoms. The molecule has 0 aliphatic rings. The molecule has 0 aromatic carbocycles. The van der Waals surface area contributed by atoms with Crippen LogP contribution in [-0.4, -0.2) is 45.0 Å². The molecule has 1 aromatic rings. The van der Waals surface area contributed by atoms with E-state index in [1.807, 2.05) is 32.8 Å². The first-order chi connectivity index (χ1) is 8.72. The Hall–Kier alpha value is -1.18. The summed E-state index contributed by atoms with van der Waals surface area (Å²) in [6.07, 6.45) is 1.39. The lowest BCUT2D eigenvalue weighted by molar-refractivity contribution is 0.314. The number of hydrogen-bond acceptors (Lipinski definition) is 5. The molecule has 1 atom stereocenters. The van der Waals surface area contributed by atoms with Crippen molar-refractivity contribution in [3.8, 4) is 0 Å². The van der Waals surface area contributed by atoms with Crippen LogP contribution in [-0.2, 0) is 10.0 Å². The van der Waals surface area contributed by atoms with Crippen molar-refractivity contribution in [1.29, 1.82) is 0 Å². The van der Waals surface area contributed by atoms with E-state index in [0.29, 0.717) is 6.54 Å². The number of sulfonamides is 1. The summed E-state index contributed by atoms with van der Waals surface area (Å²) in [5, 5.41) is 0. The summed E-state index contributed by atoms with van der Waals surface area (Å²) >= 11 is 0. The number of likely N-dealkylation sites (N-methyl/N-ethyl adjacent to an activating group) is 1. The standard InChI is InChI=1S/C12H22N4O2S/c1-9(2)11(8-16(3)4)15-19(17,18)10-5-6-14-12(13)7-10/h5-7,9,11,15H,8H2,1-4H3,(H2,13,14). The highest BCUT2D eigenvalue weighted by Gasteiger charge is 2.23. The SMILES string of the molecule is CC(C)C(CN(C)C)NS(=O)(=O)c1ccnc(N)c1. The van der Waals surface area contributed by atoms with Gasteiger partial charge in [-0.2, -0.15) is 0 Å². The Kier molecular flexibility index (Phi) is 5.28. The van der Waals surface area contributed by atoms with Gasteiger partial charge in [0.1, 0.15) is 5.82 Å². The second kappa shape index (κ2) is 6.31. The monoisotopic (exact) mass is 286 g/mol. The third-order valence-electron chi connectivity index (χ3n) is 2.74. The first-order valence-electron chi connectivity index (χ1n) is 6.11. The largest absolute Gasteiger partial charge is 0.384 e. The highest BCUT2D eigenvalue weighted by molar-refractivity contribution is 7.89. The summed E-state index contributed by atoms with van der Waals surface area (Å²) in [5.41, 5.74) is 5.52. The minimum Gasteiger partial charge on any atom is -0.384 e. The first-order valence-corrected chi connectivity index (χ1v) is 7.59. The molecular weight excluding hydrogens is 264 g/mol. The number of hydrogen-bond donors (Lipinski definition) is 2. The Bertz CT molecular complexity index is 514. The molecule has 3 N–H and O–H groups in total. The van der Waals surface area contributed by atoms with Gasteiger partial charge in [0.05, 0.1) is 4.90 Å². The molecule has 0 saturated carbocycles. The van der Waals surface area contributed by atoms with Crippen molar-refractivity contribution >= 4 is 15.8 Å². The first kappa shape index (κ1) is 15.9. The lowest BCUT2D eigenvalue weighted by atomic mass is 10.1. The Labute approximate surface area is 115 Å². The van der Waals surface area contributed by atoms with Gasteiger partial charge in [-0.1, -0.05) is 13.8 Å². The molecule has 1 rings (SSSR count). The van der Waals surface area contributed by atoms with Gasteiger partial charge in [0.25, 0.3) is 0 Å². The van der Waals surface area contributed by atoms with E-state index in [2.05, 4.69) is 9.71 Å². The van der Waals surface area contributed by atoms with Gasteiger partial charge in [-0.25, -0.2) is 18.1 Å². The maximum absolute atomic E-state index is 12.3. The van der Waals surface area contributed by atoms with Gasteiger partial charge in [-0.15, -0.1) is 0 Å². The molecule has 1 aromatic heterocycles. The van der Waals surface area contributed by atoms with Crippen LogP contribution in [0.1, 0.15) is 13.8 Å². The minimum atomic E-state index is -3.57. The molecule has 7 heteroatoms. The summed E-state index contributed by atoms with van der Waals surface area (Å²) in [6.45, 7) is 4.60. The molecule has 19 heavy (non-hydrogen) atoms. The number of nitrogen functional groups attached to an aromatic ring is 1. The zero-order valence-electron chi connectivity index (χ0n) is 11.8. The molecule has 0 saturated heterocycles. The average molecular weight is 286 g/mol. The lowest BCUT2D eigenvalue weighted by Crippen LogP contribution is -2.44. The smallest absolute Gasteiger partial charge is 0.241 e. The summed E-state index contributed by atoms with van der Waals surface area (Å²) in [7, 11) is 0.252. The van der Waals surface area contributed by atoms with Crippen LogP contribution in [0.3, 0.4) is 0 Å². The van der Waals surface area contributed by atoms with E-state index in [4.69, 9.17) is 5.73 Å². The number of nitrogens with one attached hydrogen (secondary N) is 1. The van der Waals surface area contributed by atoms with Crippen LogP contribution >= 0.6 is 0 Å². The zero-order chi connectivity index (χ0) is 14.6. The molecule has 0 spiro atoms. The molecule has 6 nitrogen and oxygen atoms in total. The highest BCUT2D eigenvalue weighted by Crippen LogP contribution is 2.13. The van der Waals surface area contributed by atoms with Gasteiger partial charge in [0.15, 0.2) is 0 Å². The maximum Gasteiger partial charge on any atom is 0.241 e. The normalized spacial score (nSPS) is 14.0. The minimum absolute atomic E-state index is 0.143. The van der Waals surface area contributed by atoms with Crippen molar-refractivity contribution < 1.29 is 8.42 Å². The Balaban J connectivity index is 2.94.